The van der Waals surface area contributed by atoms with Gasteiger partial charge >= 0.3 is 0 Å². The van der Waals surface area contributed by atoms with Crippen molar-refractivity contribution in [3.8, 4) is 11.5 Å². The lowest BCUT2D eigenvalue weighted by atomic mass is 9.79. The highest BCUT2D eigenvalue weighted by atomic mass is 16.5. The first-order valence-electron chi connectivity index (χ1n) is 13.4. The minimum Gasteiger partial charge on any atom is -0.508 e. The molecule has 0 spiro atoms. The van der Waals surface area contributed by atoms with Crippen molar-refractivity contribution in [3.63, 3.8) is 0 Å². The fourth-order valence-corrected chi connectivity index (χ4v) is 5.47. The summed E-state index contributed by atoms with van der Waals surface area (Å²) < 4.78 is 5.64. The lowest BCUT2D eigenvalue weighted by Crippen LogP contribution is -2.32. The first kappa shape index (κ1) is 26.1. The number of aryl methyl sites for hydroxylation is 1. The van der Waals surface area contributed by atoms with Gasteiger partial charge in [0.25, 0.3) is 0 Å². The Kier molecular flexibility index (Phi) is 8.25. The van der Waals surface area contributed by atoms with Crippen molar-refractivity contribution in [2.75, 3.05) is 31.6 Å². The summed E-state index contributed by atoms with van der Waals surface area (Å²) in [5.74, 6) is 1.71. The molecule has 0 aliphatic heterocycles. The maximum atomic E-state index is 9.89. The molecule has 1 aliphatic carbocycles. The molecule has 0 aromatic heterocycles. The summed E-state index contributed by atoms with van der Waals surface area (Å²) >= 11 is 0. The summed E-state index contributed by atoms with van der Waals surface area (Å²) in [6.45, 7) is 12.7. The Morgan fingerprint density at radius 2 is 1.78 bits per heavy atom. The summed E-state index contributed by atoms with van der Waals surface area (Å²) in [6.07, 6.45) is 3.08. The van der Waals surface area contributed by atoms with E-state index >= 15 is 0 Å². The van der Waals surface area contributed by atoms with Gasteiger partial charge in [0.15, 0.2) is 0 Å². The molecule has 4 nitrogen and oxygen atoms in total. The van der Waals surface area contributed by atoms with Crippen LogP contribution in [0.3, 0.4) is 0 Å². The lowest BCUT2D eigenvalue weighted by molar-refractivity contribution is 0.414. The number of hydrogen-bond donors (Lipinski definition) is 2. The zero-order valence-electron chi connectivity index (χ0n) is 22.6. The Morgan fingerprint density at radius 1 is 1.00 bits per heavy atom. The van der Waals surface area contributed by atoms with E-state index < -0.39 is 0 Å². The van der Waals surface area contributed by atoms with Crippen molar-refractivity contribution in [1.82, 2.24) is 5.32 Å². The molecule has 4 heteroatoms. The average Bonchev–Trinajstić information content (AvgIpc) is 2.90. The molecule has 3 aromatic rings. The maximum Gasteiger partial charge on any atom is 0.120 e. The summed E-state index contributed by atoms with van der Waals surface area (Å²) in [6, 6.07) is 21.6. The fourth-order valence-electron chi connectivity index (χ4n) is 5.47. The third-order valence-electron chi connectivity index (χ3n) is 7.74. The van der Waals surface area contributed by atoms with Crippen molar-refractivity contribution in [1.29, 1.82) is 0 Å². The molecular weight excluding hydrogens is 444 g/mol. The molecule has 3 aromatic carbocycles. The molecule has 1 atom stereocenters. The number of fused-ring (bicyclic) bond motifs is 1. The van der Waals surface area contributed by atoms with Gasteiger partial charge in [0.05, 0.1) is 7.11 Å². The Balaban J connectivity index is 1.58. The average molecular weight is 487 g/mol. The van der Waals surface area contributed by atoms with Crippen LogP contribution in [0.15, 0.2) is 60.7 Å². The summed E-state index contributed by atoms with van der Waals surface area (Å²) in [7, 11) is 1.74. The van der Waals surface area contributed by atoms with Crippen molar-refractivity contribution in [2.45, 2.75) is 64.8 Å². The molecule has 0 radical (unpaired) electrons. The molecule has 1 unspecified atom stereocenters. The molecule has 0 heterocycles. The molecule has 1 aliphatic rings. The first-order valence-corrected chi connectivity index (χ1v) is 13.4. The molecule has 0 fully saturated rings. The third-order valence-corrected chi connectivity index (χ3v) is 7.74. The number of anilines is 1. The monoisotopic (exact) mass is 486 g/mol. The zero-order valence-corrected chi connectivity index (χ0v) is 22.6. The van der Waals surface area contributed by atoms with Gasteiger partial charge in [0.1, 0.15) is 11.5 Å². The molecule has 0 saturated heterocycles. The standard InChI is InChI=1S/C32H42N2O2/c1-6-33-22-32(3,4)27-13-8-23(9-14-27)21-34(7-2)31-20-29(36-5)16-17-30(31)26-11-10-25-19-28(35)15-12-24(25)18-26/h8-9,12-17,19-20,26,33,35H,6-7,10-11,18,21-22H2,1-5H3. The van der Waals surface area contributed by atoms with E-state index in [9.17, 15) is 5.11 Å². The topological polar surface area (TPSA) is 44.7 Å². The highest BCUT2D eigenvalue weighted by Gasteiger charge is 2.25. The van der Waals surface area contributed by atoms with Gasteiger partial charge in [-0.05, 0) is 84.7 Å². The third kappa shape index (κ3) is 5.87. The summed E-state index contributed by atoms with van der Waals surface area (Å²) in [5, 5.41) is 13.4. The zero-order chi connectivity index (χ0) is 25.7. The number of methoxy groups -OCH3 is 1. The Hall–Kier alpha value is -2.98. The van der Waals surface area contributed by atoms with Crippen LogP contribution in [0.25, 0.3) is 0 Å². The Bertz CT molecular complexity index is 1150. The number of phenols is 1. The molecule has 192 valence electrons. The molecule has 2 N–H and O–H groups in total. The molecule has 0 saturated carbocycles. The Morgan fingerprint density at radius 3 is 2.47 bits per heavy atom. The number of aromatic hydroxyl groups is 1. The van der Waals surface area contributed by atoms with Crippen LogP contribution in [0, 0.1) is 0 Å². The second-order valence-electron chi connectivity index (χ2n) is 10.7. The van der Waals surface area contributed by atoms with Gasteiger partial charge in [-0.3, -0.25) is 0 Å². The van der Waals surface area contributed by atoms with E-state index in [0.29, 0.717) is 11.7 Å². The summed E-state index contributed by atoms with van der Waals surface area (Å²) in [4.78, 5) is 2.48. The van der Waals surface area contributed by atoms with E-state index in [2.05, 4.69) is 86.4 Å². The van der Waals surface area contributed by atoms with Crippen LogP contribution < -0.4 is 15.0 Å². The van der Waals surface area contributed by atoms with Crippen LogP contribution in [-0.4, -0.2) is 31.9 Å². The lowest BCUT2D eigenvalue weighted by Gasteiger charge is -2.32. The Labute approximate surface area is 217 Å². The minimum atomic E-state index is 0.104. The number of phenolic OH excluding ortho intramolecular Hbond substituents is 1. The van der Waals surface area contributed by atoms with Gasteiger partial charge in [-0.1, -0.05) is 57.2 Å². The van der Waals surface area contributed by atoms with Crippen LogP contribution in [-0.2, 0) is 24.8 Å². The van der Waals surface area contributed by atoms with Gasteiger partial charge < -0.3 is 20.1 Å². The summed E-state index contributed by atoms with van der Waals surface area (Å²) in [5.41, 5.74) is 8.07. The predicted molar refractivity (Wildman–Crippen MR) is 151 cm³/mol. The number of nitrogens with one attached hydrogen (secondary N) is 1. The highest BCUT2D eigenvalue weighted by molar-refractivity contribution is 5.60. The van der Waals surface area contributed by atoms with Crippen LogP contribution in [0.2, 0.25) is 0 Å². The van der Waals surface area contributed by atoms with Gasteiger partial charge in [0.2, 0.25) is 0 Å². The number of rotatable bonds is 10. The van der Waals surface area contributed by atoms with E-state index in [1.807, 2.05) is 12.1 Å². The maximum absolute atomic E-state index is 9.89. The largest absolute Gasteiger partial charge is 0.508 e. The smallest absolute Gasteiger partial charge is 0.120 e. The van der Waals surface area contributed by atoms with Gasteiger partial charge in [-0.2, -0.15) is 0 Å². The van der Waals surface area contributed by atoms with E-state index in [0.717, 1.165) is 51.2 Å². The first-order chi connectivity index (χ1) is 17.3. The number of benzene rings is 3. The second kappa shape index (κ2) is 11.4. The highest BCUT2D eigenvalue weighted by Crippen LogP contribution is 2.40. The van der Waals surface area contributed by atoms with E-state index in [-0.39, 0.29) is 5.41 Å². The predicted octanol–water partition coefficient (Wildman–Crippen LogP) is 6.59. The van der Waals surface area contributed by atoms with E-state index in [4.69, 9.17) is 4.74 Å². The molecule has 36 heavy (non-hydrogen) atoms. The quantitative estimate of drug-likeness (QED) is 0.339. The normalized spacial score (nSPS) is 15.4. The van der Waals surface area contributed by atoms with Crippen molar-refractivity contribution in [2.24, 2.45) is 0 Å². The molecule has 4 rings (SSSR count). The minimum absolute atomic E-state index is 0.104. The number of nitrogens with zero attached hydrogens (tertiary/aromatic N) is 1. The second-order valence-corrected chi connectivity index (χ2v) is 10.7. The molecule has 0 bridgehead atoms. The number of hydrogen-bond acceptors (Lipinski definition) is 4. The van der Waals surface area contributed by atoms with Crippen LogP contribution >= 0.6 is 0 Å². The number of likely N-dealkylation sites (N-methyl/N-ethyl adjacent to an activating group) is 1. The molecular formula is C32H42N2O2. The number of ether oxygens (including phenoxy) is 1. The van der Waals surface area contributed by atoms with Gasteiger partial charge in [-0.15, -0.1) is 0 Å². The SMILES string of the molecule is CCNCC(C)(C)c1ccc(CN(CC)c2cc(OC)ccc2C2CCc3cc(O)ccc3C2)cc1. The van der Waals surface area contributed by atoms with Crippen LogP contribution in [0.1, 0.15) is 67.9 Å². The van der Waals surface area contributed by atoms with Crippen molar-refractivity contribution >= 4 is 5.69 Å². The van der Waals surface area contributed by atoms with Crippen molar-refractivity contribution in [3.05, 3.63) is 88.5 Å². The van der Waals surface area contributed by atoms with Crippen LogP contribution in [0.5, 0.6) is 11.5 Å². The van der Waals surface area contributed by atoms with Gasteiger partial charge in [-0.25, -0.2) is 0 Å². The fraction of sp³-hybridized carbons (Fsp3) is 0.438. The van der Waals surface area contributed by atoms with E-state index in [1.165, 1.54) is 33.5 Å². The van der Waals surface area contributed by atoms with E-state index in [1.54, 1.807) is 7.11 Å². The van der Waals surface area contributed by atoms with Crippen molar-refractivity contribution < 1.29 is 9.84 Å². The van der Waals surface area contributed by atoms with Gasteiger partial charge in [0, 0.05) is 36.8 Å². The van der Waals surface area contributed by atoms with Crippen LogP contribution in [0.4, 0.5) is 5.69 Å². The molecule has 0 amide bonds.